The Morgan fingerprint density at radius 3 is 2.40 bits per heavy atom. The van der Waals surface area contributed by atoms with Crippen molar-refractivity contribution in [2.45, 2.75) is 32.0 Å². The molecule has 0 bridgehead atoms. The number of benzene rings is 1. The highest BCUT2D eigenvalue weighted by Crippen LogP contribution is 2.29. The van der Waals surface area contributed by atoms with Crippen molar-refractivity contribution in [2.24, 2.45) is 0 Å². The highest BCUT2D eigenvalue weighted by atomic mass is 19.4. The number of allylic oxidation sites excluding steroid dienone is 2. The Hall–Kier alpha value is -1.98. The molecule has 1 rings (SSSR count). The van der Waals surface area contributed by atoms with E-state index in [0.29, 0.717) is 18.5 Å². The maximum Gasteiger partial charge on any atom is 0.416 e. The number of carboxylic acids is 1. The molecule has 0 radical (unpaired) electrons. The van der Waals surface area contributed by atoms with Crippen molar-refractivity contribution in [3.63, 3.8) is 0 Å². The summed E-state index contributed by atoms with van der Waals surface area (Å²) in [6.45, 7) is 1.82. The van der Waals surface area contributed by atoms with Crippen molar-refractivity contribution in [1.82, 2.24) is 0 Å². The van der Waals surface area contributed by atoms with Crippen molar-refractivity contribution >= 4 is 11.7 Å². The second-order valence-corrected chi connectivity index (χ2v) is 4.24. The van der Waals surface area contributed by atoms with Crippen molar-refractivity contribution < 1.29 is 23.1 Å². The lowest BCUT2D eigenvalue weighted by Crippen LogP contribution is -2.40. The molecule has 1 aromatic rings. The average molecular weight is 286 g/mol. The lowest BCUT2D eigenvalue weighted by atomic mass is 10.1. The lowest BCUT2D eigenvalue weighted by molar-refractivity contribution is -0.306. The largest absolute Gasteiger partial charge is 0.548 e. The summed E-state index contributed by atoms with van der Waals surface area (Å²) in [6.07, 6.45) is 0.0452. The van der Waals surface area contributed by atoms with Gasteiger partial charge in [0.05, 0.1) is 17.6 Å². The van der Waals surface area contributed by atoms with Crippen LogP contribution in [0.5, 0.6) is 0 Å². The van der Waals surface area contributed by atoms with Crippen molar-refractivity contribution in [3.8, 4) is 0 Å². The molecule has 0 amide bonds. The van der Waals surface area contributed by atoms with E-state index in [9.17, 15) is 23.1 Å². The molecule has 1 N–H and O–H groups in total. The third kappa shape index (κ3) is 4.95. The van der Waals surface area contributed by atoms with Crippen LogP contribution in [-0.2, 0) is 11.0 Å². The van der Waals surface area contributed by atoms with E-state index in [0.717, 1.165) is 12.1 Å². The predicted molar refractivity (Wildman–Crippen MR) is 67.9 cm³/mol. The molecule has 0 spiro atoms. The molecule has 0 aliphatic rings. The van der Waals surface area contributed by atoms with Crippen LogP contribution in [0.25, 0.3) is 0 Å². The zero-order chi connectivity index (χ0) is 15.2. The monoisotopic (exact) mass is 286 g/mol. The highest BCUT2D eigenvalue weighted by molar-refractivity contribution is 5.75. The first-order valence-corrected chi connectivity index (χ1v) is 6.10. The summed E-state index contributed by atoms with van der Waals surface area (Å²) in [5.41, 5.74) is -0.463. The molecule has 20 heavy (non-hydrogen) atoms. The molecule has 1 aromatic carbocycles. The number of anilines is 1. The fraction of sp³-hybridized carbons (Fsp3) is 0.357. The zero-order valence-electron chi connectivity index (χ0n) is 10.9. The van der Waals surface area contributed by atoms with Crippen LogP contribution in [-0.4, -0.2) is 12.0 Å². The number of carboxylic acid groups (broad SMARTS) is 1. The highest BCUT2D eigenvalue weighted by Gasteiger charge is 2.29. The first kappa shape index (κ1) is 16.1. The molecule has 1 unspecified atom stereocenters. The molecule has 1 atom stereocenters. The van der Waals surface area contributed by atoms with Crippen LogP contribution in [0.3, 0.4) is 0 Å². The smallest absolute Gasteiger partial charge is 0.416 e. The molecule has 6 heteroatoms. The van der Waals surface area contributed by atoms with Crippen molar-refractivity contribution in [1.29, 1.82) is 0 Å². The minimum Gasteiger partial charge on any atom is -0.548 e. The van der Waals surface area contributed by atoms with Crippen LogP contribution in [0.4, 0.5) is 18.9 Å². The van der Waals surface area contributed by atoms with E-state index >= 15 is 0 Å². The van der Waals surface area contributed by atoms with Gasteiger partial charge in [0.25, 0.3) is 0 Å². The van der Waals surface area contributed by atoms with Gasteiger partial charge in [-0.1, -0.05) is 12.2 Å². The van der Waals surface area contributed by atoms with Gasteiger partial charge < -0.3 is 15.2 Å². The summed E-state index contributed by atoms with van der Waals surface area (Å²) in [4.78, 5) is 10.9. The molecule has 0 heterocycles. The second kappa shape index (κ2) is 6.98. The summed E-state index contributed by atoms with van der Waals surface area (Å²) in [6, 6.07) is 3.27. The predicted octanol–water partition coefficient (Wildman–Crippen LogP) is 2.59. The first-order valence-electron chi connectivity index (χ1n) is 6.10. The van der Waals surface area contributed by atoms with Gasteiger partial charge >= 0.3 is 6.18 Å². The molecular weight excluding hydrogens is 271 g/mol. The maximum absolute atomic E-state index is 12.4. The zero-order valence-corrected chi connectivity index (χ0v) is 10.9. The topological polar surface area (TPSA) is 52.2 Å². The molecule has 0 saturated heterocycles. The number of rotatable bonds is 6. The number of carbonyl (C=O) groups excluding carboxylic acids is 1. The van der Waals surface area contributed by atoms with E-state index in [1.165, 1.54) is 12.1 Å². The van der Waals surface area contributed by atoms with E-state index in [1.54, 1.807) is 6.08 Å². The lowest BCUT2D eigenvalue weighted by Gasteiger charge is -2.20. The Balaban J connectivity index is 2.71. The Labute approximate surface area is 115 Å². The van der Waals surface area contributed by atoms with Gasteiger partial charge in [-0.3, -0.25) is 0 Å². The number of alkyl halides is 3. The van der Waals surface area contributed by atoms with Gasteiger partial charge in [0.2, 0.25) is 0 Å². The quantitative estimate of drug-likeness (QED) is 0.818. The minimum absolute atomic E-state index is 0.299. The number of hydrogen-bond acceptors (Lipinski definition) is 3. The van der Waals surface area contributed by atoms with Gasteiger partial charge in [0.15, 0.2) is 0 Å². The second-order valence-electron chi connectivity index (χ2n) is 4.24. The minimum atomic E-state index is -4.40. The van der Waals surface area contributed by atoms with Crippen LogP contribution >= 0.6 is 0 Å². The standard InChI is InChI=1S/C14H16F3NO2/c1-2-3-4-5-12(13(19)20)18-11-8-6-10(7-9-11)14(15,16)17/h2-3,6-9,12,18H,4-5H2,1H3,(H,19,20)/p-1. The van der Waals surface area contributed by atoms with Gasteiger partial charge in [0.1, 0.15) is 0 Å². The number of aliphatic carboxylic acids is 1. The number of carbonyl (C=O) groups is 1. The average Bonchev–Trinajstić information content (AvgIpc) is 2.37. The van der Waals surface area contributed by atoms with Crippen LogP contribution in [0.1, 0.15) is 25.3 Å². The van der Waals surface area contributed by atoms with E-state index in [4.69, 9.17) is 0 Å². The Morgan fingerprint density at radius 1 is 1.35 bits per heavy atom. The fourth-order valence-electron chi connectivity index (χ4n) is 1.64. The Bertz CT molecular complexity index is 466. The van der Waals surface area contributed by atoms with E-state index in [-0.39, 0.29) is 0 Å². The summed E-state index contributed by atoms with van der Waals surface area (Å²) >= 11 is 0. The fourth-order valence-corrected chi connectivity index (χ4v) is 1.64. The summed E-state index contributed by atoms with van der Waals surface area (Å²) in [5.74, 6) is -1.28. The van der Waals surface area contributed by atoms with Crippen LogP contribution in [0.15, 0.2) is 36.4 Å². The van der Waals surface area contributed by atoms with E-state index in [1.807, 2.05) is 13.0 Å². The molecule has 0 aliphatic heterocycles. The molecule has 110 valence electrons. The van der Waals surface area contributed by atoms with Gasteiger partial charge in [-0.2, -0.15) is 13.2 Å². The third-order valence-electron chi connectivity index (χ3n) is 2.70. The van der Waals surface area contributed by atoms with Crippen LogP contribution in [0, 0.1) is 0 Å². The Morgan fingerprint density at radius 2 is 1.95 bits per heavy atom. The van der Waals surface area contributed by atoms with Crippen LogP contribution in [0.2, 0.25) is 0 Å². The molecule has 0 aromatic heterocycles. The number of nitrogens with one attached hydrogen (secondary N) is 1. The van der Waals surface area contributed by atoms with Gasteiger partial charge in [0, 0.05) is 5.69 Å². The third-order valence-corrected chi connectivity index (χ3v) is 2.70. The molecule has 0 saturated carbocycles. The molecule has 3 nitrogen and oxygen atoms in total. The van der Waals surface area contributed by atoms with Crippen molar-refractivity contribution in [3.05, 3.63) is 42.0 Å². The maximum atomic E-state index is 12.4. The number of halogens is 3. The van der Waals surface area contributed by atoms with E-state index < -0.39 is 23.8 Å². The summed E-state index contributed by atoms with van der Waals surface area (Å²) < 4.78 is 37.2. The van der Waals surface area contributed by atoms with Crippen molar-refractivity contribution in [2.75, 3.05) is 5.32 Å². The molecular formula is C14H15F3NO2-. The normalized spacial score (nSPS) is 13.4. The SMILES string of the molecule is CC=CCCC(Nc1ccc(C(F)(F)F)cc1)C(=O)[O-]. The van der Waals surface area contributed by atoms with Crippen LogP contribution < -0.4 is 10.4 Å². The van der Waals surface area contributed by atoms with Gasteiger partial charge in [-0.25, -0.2) is 0 Å². The number of hydrogen-bond donors (Lipinski definition) is 1. The summed E-state index contributed by atoms with van der Waals surface area (Å²) in [5, 5.41) is 13.6. The summed E-state index contributed by atoms with van der Waals surface area (Å²) in [7, 11) is 0. The van der Waals surface area contributed by atoms with E-state index in [2.05, 4.69) is 5.32 Å². The molecule has 0 aliphatic carbocycles. The van der Waals surface area contributed by atoms with Gasteiger partial charge in [-0.05, 0) is 44.0 Å². The molecule has 0 fully saturated rings. The van der Waals surface area contributed by atoms with Gasteiger partial charge in [-0.15, -0.1) is 0 Å². The Kier molecular flexibility index (Phi) is 5.61. The first-order chi connectivity index (χ1) is 9.34.